The van der Waals surface area contributed by atoms with E-state index in [1.165, 1.54) is 18.2 Å². The maximum Gasteiger partial charge on any atom is 0.347 e. The lowest BCUT2D eigenvalue weighted by Gasteiger charge is -2.18. The molecule has 0 bridgehead atoms. The molecule has 1 rings (SSSR count). The van der Waals surface area contributed by atoms with Gasteiger partial charge < -0.3 is 9.47 Å². The molecule has 0 aliphatic carbocycles. The van der Waals surface area contributed by atoms with E-state index in [1.807, 2.05) is 13.8 Å². The van der Waals surface area contributed by atoms with Crippen LogP contribution < -0.4 is 4.74 Å². The molecule has 0 spiro atoms. The maximum atomic E-state index is 11.6. The van der Waals surface area contributed by atoms with Gasteiger partial charge in [-0.1, -0.05) is 13.8 Å². The highest BCUT2D eigenvalue weighted by molar-refractivity contribution is 8.13. The molecule has 0 aliphatic rings. The fourth-order valence-electron chi connectivity index (χ4n) is 1.73. The molecule has 1 unspecified atom stereocenters. The normalized spacial score (nSPS) is 13.0. The SMILES string of the molecule is CCOC(=O)C(C)Oc1ccc(S(=O)(=O)Cl)cc1C(C)C. The molecule has 7 heteroatoms. The number of ether oxygens (including phenoxy) is 2. The summed E-state index contributed by atoms with van der Waals surface area (Å²) in [5, 5.41) is 0. The van der Waals surface area contributed by atoms with E-state index in [1.54, 1.807) is 13.8 Å². The van der Waals surface area contributed by atoms with E-state index >= 15 is 0 Å². The first kappa shape index (κ1) is 17.8. The first-order valence-electron chi connectivity index (χ1n) is 6.58. The van der Waals surface area contributed by atoms with E-state index in [9.17, 15) is 13.2 Å². The van der Waals surface area contributed by atoms with Crippen LogP contribution in [0.3, 0.4) is 0 Å². The molecule has 0 saturated heterocycles. The van der Waals surface area contributed by atoms with Crippen LogP contribution >= 0.6 is 10.7 Å². The molecule has 118 valence electrons. The fourth-order valence-corrected chi connectivity index (χ4v) is 2.52. The number of carbonyl (C=O) groups excluding carboxylic acids is 1. The van der Waals surface area contributed by atoms with E-state index in [-0.39, 0.29) is 17.4 Å². The van der Waals surface area contributed by atoms with Crippen molar-refractivity contribution in [2.24, 2.45) is 0 Å². The average molecular weight is 335 g/mol. The molecule has 0 N–H and O–H groups in total. The Morgan fingerprint density at radius 1 is 1.29 bits per heavy atom. The minimum absolute atomic E-state index is 0.00371. The van der Waals surface area contributed by atoms with Gasteiger partial charge in [0.2, 0.25) is 0 Å². The van der Waals surface area contributed by atoms with Crippen molar-refractivity contribution >= 4 is 25.7 Å². The summed E-state index contributed by atoms with van der Waals surface area (Å²) in [4.78, 5) is 11.6. The molecule has 0 amide bonds. The highest BCUT2D eigenvalue weighted by atomic mass is 35.7. The van der Waals surface area contributed by atoms with Crippen molar-refractivity contribution in [3.63, 3.8) is 0 Å². The van der Waals surface area contributed by atoms with Crippen LogP contribution in [0, 0.1) is 0 Å². The summed E-state index contributed by atoms with van der Waals surface area (Å²) in [5.41, 5.74) is 0.660. The van der Waals surface area contributed by atoms with Crippen molar-refractivity contribution in [2.75, 3.05) is 6.61 Å². The number of carbonyl (C=O) groups is 1. The number of hydrogen-bond acceptors (Lipinski definition) is 5. The lowest BCUT2D eigenvalue weighted by Crippen LogP contribution is -2.26. The first-order valence-corrected chi connectivity index (χ1v) is 8.89. The summed E-state index contributed by atoms with van der Waals surface area (Å²) in [6.07, 6.45) is -0.777. The Morgan fingerprint density at radius 2 is 1.90 bits per heavy atom. The summed E-state index contributed by atoms with van der Waals surface area (Å²) in [6, 6.07) is 4.31. The smallest absolute Gasteiger partial charge is 0.347 e. The van der Waals surface area contributed by atoms with Crippen molar-refractivity contribution in [3.8, 4) is 5.75 Å². The Balaban J connectivity index is 3.10. The Bertz CT molecular complexity index is 610. The third-order valence-electron chi connectivity index (χ3n) is 2.81. The number of rotatable bonds is 6. The predicted molar refractivity (Wildman–Crippen MR) is 80.3 cm³/mol. The van der Waals surface area contributed by atoms with Crippen molar-refractivity contribution in [3.05, 3.63) is 23.8 Å². The van der Waals surface area contributed by atoms with Gasteiger partial charge in [-0.2, -0.15) is 0 Å². The molecular formula is C14H19ClO5S. The molecular weight excluding hydrogens is 316 g/mol. The van der Waals surface area contributed by atoms with Crippen molar-refractivity contribution < 1.29 is 22.7 Å². The summed E-state index contributed by atoms with van der Waals surface area (Å²) in [5.74, 6) is -0.0244. The second-order valence-electron chi connectivity index (χ2n) is 4.80. The van der Waals surface area contributed by atoms with Gasteiger partial charge in [0.05, 0.1) is 11.5 Å². The lowest BCUT2D eigenvalue weighted by atomic mass is 10.0. The standard InChI is InChI=1S/C14H19ClO5S/c1-5-19-14(16)10(4)20-13-7-6-11(21(15,17)18)8-12(13)9(2)3/h6-10H,5H2,1-4H3. The Hall–Kier alpha value is -1.27. The zero-order chi connectivity index (χ0) is 16.2. The quantitative estimate of drug-likeness (QED) is 0.590. The molecule has 21 heavy (non-hydrogen) atoms. The van der Waals surface area contributed by atoms with Crippen LogP contribution in [-0.4, -0.2) is 27.1 Å². The minimum atomic E-state index is -3.80. The number of halogens is 1. The largest absolute Gasteiger partial charge is 0.479 e. The van der Waals surface area contributed by atoms with Gasteiger partial charge in [0.25, 0.3) is 9.05 Å². The predicted octanol–water partition coefficient (Wildman–Crippen LogP) is 3.07. The van der Waals surface area contributed by atoms with Gasteiger partial charge in [-0.25, -0.2) is 13.2 Å². The molecule has 1 atom stereocenters. The molecule has 0 heterocycles. The second kappa shape index (κ2) is 7.13. The number of hydrogen-bond donors (Lipinski definition) is 0. The van der Waals surface area contributed by atoms with Crippen LogP contribution in [0.1, 0.15) is 39.2 Å². The topological polar surface area (TPSA) is 69.7 Å². The van der Waals surface area contributed by atoms with Gasteiger partial charge in [0, 0.05) is 10.7 Å². The van der Waals surface area contributed by atoms with Crippen LogP contribution in [0.4, 0.5) is 0 Å². The summed E-state index contributed by atoms with van der Waals surface area (Å²) < 4.78 is 33.2. The van der Waals surface area contributed by atoms with Crippen molar-refractivity contribution in [2.45, 2.75) is 44.6 Å². The van der Waals surface area contributed by atoms with E-state index < -0.39 is 21.1 Å². The average Bonchev–Trinajstić information content (AvgIpc) is 2.37. The van der Waals surface area contributed by atoms with E-state index in [2.05, 4.69) is 0 Å². The molecule has 1 aromatic rings. The zero-order valence-corrected chi connectivity index (χ0v) is 14.0. The van der Waals surface area contributed by atoms with Gasteiger partial charge >= 0.3 is 5.97 Å². The van der Waals surface area contributed by atoms with Gasteiger partial charge in [-0.15, -0.1) is 0 Å². The minimum Gasteiger partial charge on any atom is -0.479 e. The molecule has 0 aliphatic heterocycles. The molecule has 0 fully saturated rings. The third-order valence-corrected chi connectivity index (χ3v) is 4.16. The van der Waals surface area contributed by atoms with E-state index in [4.69, 9.17) is 20.2 Å². The summed E-state index contributed by atoms with van der Waals surface area (Å²) >= 11 is 0. The van der Waals surface area contributed by atoms with Crippen LogP contribution in [0.15, 0.2) is 23.1 Å². The molecule has 0 aromatic heterocycles. The summed E-state index contributed by atoms with van der Waals surface area (Å²) in [6.45, 7) is 7.34. The molecule has 5 nitrogen and oxygen atoms in total. The number of esters is 1. The molecule has 0 radical (unpaired) electrons. The second-order valence-corrected chi connectivity index (χ2v) is 7.37. The third kappa shape index (κ3) is 4.89. The van der Waals surface area contributed by atoms with E-state index in [0.29, 0.717) is 11.3 Å². The maximum absolute atomic E-state index is 11.6. The Labute approximate surface area is 129 Å². The van der Waals surface area contributed by atoms with Crippen LogP contribution in [0.25, 0.3) is 0 Å². The highest BCUT2D eigenvalue weighted by Crippen LogP contribution is 2.31. The van der Waals surface area contributed by atoms with Crippen LogP contribution in [0.5, 0.6) is 5.75 Å². The Morgan fingerprint density at radius 3 is 2.38 bits per heavy atom. The zero-order valence-electron chi connectivity index (χ0n) is 12.4. The lowest BCUT2D eigenvalue weighted by molar-refractivity contribution is -0.150. The van der Waals surface area contributed by atoms with Gasteiger partial charge in [-0.3, -0.25) is 0 Å². The van der Waals surface area contributed by atoms with Gasteiger partial charge in [0.15, 0.2) is 6.10 Å². The van der Waals surface area contributed by atoms with Crippen LogP contribution in [0.2, 0.25) is 0 Å². The van der Waals surface area contributed by atoms with Crippen molar-refractivity contribution in [1.29, 1.82) is 0 Å². The van der Waals surface area contributed by atoms with E-state index in [0.717, 1.165) is 0 Å². The highest BCUT2D eigenvalue weighted by Gasteiger charge is 2.20. The summed E-state index contributed by atoms with van der Waals surface area (Å²) in [7, 11) is 1.54. The van der Waals surface area contributed by atoms with Crippen molar-refractivity contribution in [1.82, 2.24) is 0 Å². The van der Waals surface area contributed by atoms with Gasteiger partial charge in [-0.05, 0) is 43.5 Å². The Kier molecular flexibility index (Phi) is 6.04. The monoisotopic (exact) mass is 334 g/mol. The first-order chi connectivity index (χ1) is 9.66. The fraction of sp³-hybridized carbons (Fsp3) is 0.500. The van der Waals surface area contributed by atoms with Crippen LogP contribution in [-0.2, 0) is 18.6 Å². The molecule has 1 aromatic carbocycles. The van der Waals surface area contributed by atoms with Gasteiger partial charge in [0.1, 0.15) is 5.75 Å². The molecule has 0 saturated carbocycles. The number of benzene rings is 1.